The molecule has 0 fully saturated rings. The summed E-state index contributed by atoms with van der Waals surface area (Å²) in [5.41, 5.74) is 8.77. The van der Waals surface area contributed by atoms with Crippen molar-refractivity contribution in [1.29, 1.82) is 0 Å². The van der Waals surface area contributed by atoms with E-state index in [9.17, 15) is 10.1 Å². The fourth-order valence-corrected chi connectivity index (χ4v) is 2.16. The van der Waals surface area contributed by atoms with Crippen molar-refractivity contribution >= 4 is 11.5 Å². The first-order valence-electron chi connectivity index (χ1n) is 6.46. The maximum absolute atomic E-state index is 10.7. The molecule has 1 aromatic carbocycles. The molecule has 20 heavy (non-hydrogen) atoms. The molecule has 2 aromatic rings. The summed E-state index contributed by atoms with van der Waals surface area (Å²) in [5.74, 6) is 1.10. The van der Waals surface area contributed by atoms with E-state index in [1.165, 1.54) is 12.1 Å². The molecular weight excluding hydrogens is 256 g/mol. The van der Waals surface area contributed by atoms with Crippen molar-refractivity contribution in [2.24, 2.45) is 13.0 Å². The number of hydrogen-bond donors (Lipinski definition) is 1. The molecule has 0 saturated heterocycles. The van der Waals surface area contributed by atoms with Gasteiger partial charge in [0.25, 0.3) is 5.69 Å². The quantitative estimate of drug-likeness (QED) is 0.686. The van der Waals surface area contributed by atoms with Gasteiger partial charge in [0.1, 0.15) is 5.82 Å². The van der Waals surface area contributed by atoms with Crippen molar-refractivity contribution in [3.8, 4) is 11.3 Å². The van der Waals surface area contributed by atoms with Gasteiger partial charge in [-0.3, -0.25) is 14.8 Å². The van der Waals surface area contributed by atoms with Crippen molar-refractivity contribution in [2.75, 3.05) is 5.73 Å². The topological polar surface area (TPSA) is 87.0 Å². The highest BCUT2D eigenvalue weighted by molar-refractivity contribution is 5.69. The number of anilines is 1. The second-order valence-electron chi connectivity index (χ2n) is 5.24. The molecule has 0 radical (unpaired) electrons. The van der Waals surface area contributed by atoms with Crippen LogP contribution in [-0.2, 0) is 13.5 Å². The van der Waals surface area contributed by atoms with Crippen molar-refractivity contribution in [3.63, 3.8) is 0 Å². The first kappa shape index (κ1) is 14.0. The van der Waals surface area contributed by atoms with E-state index in [0.717, 1.165) is 23.2 Å². The number of hydrogen-bond acceptors (Lipinski definition) is 4. The number of nitro benzene ring substituents is 1. The Morgan fingerprint density at radius 3 is 2.45 bits per heavy atom. The molecule has 1 heterocycles. The van der Waals surface area contributed by atoms with E-state index in [0.29, 0.717) is 11.7 Å². The molecular formula is C14H18N4O2. The number of aryl methyl sites for hydroxylation is 1. The average Bonchev–Trinajstić information content (AvgIpc) is 2.66. The van der Waals surface area contributed by atoms with Crippen LogP contribution in [0, 0.1) is 16.0 Å². The highest BCUT2D eigenvalue weighted by Crippen LogP contribution is 2.29. The summed E-state index contributed by atoms with van der Waals surface area (Å²) in [6.07, 6.45) is 0.825. The number of nitrogens with zero attached hydrogens (tertiary/aromatic N) is 3. The van der Waals surface area contributed by atoms with Crippen LogP contribution in [0.4, 0.5) is 11.5 Å². The van der Waals surface area contributed by atoms with Crippen LogP contribution in [0.3, 0.4) is 0 Å². The Kier molecular flexibility index (Phi) is 3.74. The number of aromatic nitrogens is 2. The van der Waals surface area contributed by atoms with E-state index in [1.54, 1.807) is 23.9 Å². The molecule has 2 rings (SSSR count). The van der Waals surface area contributed by atoms with Crippen LogP contribution in [0.1, 0.15) is 19.4 Å². The summed E-state index contributed by atoms with van der Waals surface area (Å²) in [6.45, 7) is 4.23. The van der Waals surface area contributed by atoms with Gasteiger partial charge in [-0.2, -0.15) is 5.10 Å². The fourth-order valence-electron chi connectivity index (χ4n) is 2.16. The van der Waals surface area contributed by atoms with E-state index in [1.807, 2.05) is 0 Å². The highest BCUT2D eigenvalue weighted by Gasteiger charge is 2.17. The summed E-state index contributed by atoms with van der Waals surface area (Å²) in [6, 6.07) is 6.40. The fraction of sp³-hybridized carbons (Fsp3) is 0.357. The third-order valence-electron chi connectivity index (χ3n) is 3.16. The Hall–Kier alpha value is -2.37. The van der Waals surface area contributed by atoms with E-state index >= 15 is 0 Å². The third-order valence-corrected chi connectivity index (χ3v) is 3.16. The van der Waals surface area contributed by atoms with E-state index in [2.05, 4.69) is 18.9 Å². The smallest absolute Gasteiger partial charge is 0.269 e. The molecule has 2 N–H and O–H groups in total. The largest absolute Gasteiger partial charge is 0.384 e. The summed E-state index contributed by atoms with van der Waals surface area (Å²) in [7, 11) is 1.80. The number of nitrogens with two attached hydrogens (primary N) is 1. The maximum Gasteiger partial charge on any atom is 0.269 e. The van der Waals surface area contributed by atoms with Crippen LogP contribution in [0.2, 0.25) is 0 Å². The molecule has 0 unspecified atom stereocenters. The van der Waals surface area contributed by atoms with Gasteiger partial charge in [0, 0.05) is 30.3 Å². The zero-order valence-corrected chi connectivity index (χ0v) is 11.8. The Balaban J connectivity index is 2.46. The standard InChI is InChI=1S/C14H18N4O2/c1-9(2)8-12-13(16-17(3)14(12)15)10-4-6-11(7-5-10)18(19)20/h4-7,9H,8,15H2,1-3H3. The lowest BCUT2D eigenvalue weighted by Crippen LogP contribution is -2.02. The molecule has 0 amide bonds. The highest BCUT2D eigenvalue weighted by atomic mass is 16.6. The van der Waals surface area contributed by atoms with Gasteiger partial charge in [0.05, 0.1) is 10.6 Å². The maximum atomic E-state index is 10.7. The lowest BCUT2D eigenvalue weighted by Gasteiger charge is -2.06. The minimum atomic E-state index is -0.411. The summed E-state index contributed by atoms with van der Waals surface area (Å²) in [5, 5.41) is 15.1. The molecule has 0 aliphatic rings. The second-order valence-corrected chi connectivity index (χ2v) is 5.24. The summed E-state index contributed by atoms with van der Waals surface area (Å²) < 4.78 is 1.65. The first-order valence-corrected chi connectivity index (χ1v) is 6.46. The minimum Gasteiger partial charge on any atom is -0.384 e. The number of nitrogen functional groups attached to an aromatic ring is 1. The first-order chi connectivity index (χ1) is 9.40. The van der Waals surface area contributed by atoms with Crippen molar-refractivity contribution < 1.29 is 4.92 Å². The predicted molar refractivity (Wildman–Crippen MR) is 78.3 cm³/mol. The monoisotopic (exact) mass is 274 g/mol. The van der Waals surface area contributed by atoms with Gasteiger partial charge < -0.3 is 5.73 Å². The number of benzene rings is 1. The lowest BCUT2D eigenvalue weighted by atomic mass is 9.99. The van der Waals surface area contributed by atoms with E-state index < -0.39 is 4.92 Å². The van der Waals surface area contributed by atoms with Gasteiger partial charge in [-0.1, -0.05) is 13.8 Å². The normalized spacial score (nSPS) is 11.0. The van der Waals surface area contributed by atoms with Crippen LogP contribution in [0.5, 0.6) is 0 Å². The van der Waals surface area contributed by atoms with E-state index in [-0.39, 0.29) is 5.69 Å². The summed E-state index contributed by atoms with van der Waals surface area (Å²) in [4.78, 5) is 10.3. The Morgan fingerprint density at radius 1 is 1.35 bits per heavy atom. The molecule has 0 aliphatic heterocycles. The number of rotatable bonds is 4. The Morgan fingerprint density at radius 2 is 1.95 bits per heavy atom. The van der Waals surface area contributed by atoms with Crippen LogP contribution in [0.25, 0.3) is 11.3 Å². The third kappa shape index (κ3) is 2.64. The van der Waals surface area contributed by atoms with Crippen molar-refractivity contribution in [2.45, 2.75) is 20.3 Å². The van der Waals surface area contributed by atoms with Gasteiger partial charge >= 0.3 is 0 Å². The molecule has 0 atom stereocenters. The Labute approximate surface area is 117 Å². The Bertz CT molecular complexity index is 629. The zero-order chi connectivity index (χ0) is 14.9. The molecule has 0 spiro atoms. The van der Waals surface area contributed by atoms with Crippen molar-refractivity contribution in [3.05, 3.63) is 39.9 Å². The molecule has 6 nitrogen and oxygen atoms in total. The predicted octanol–water partition coefficient (Wildman–Crippen LogP) is 2.78. The molecule has 0 bridgehead atoms. The average molecular weight is 274 g/mol. The zero-order valence-electron chi connectivity index (χ0n) is 11.8. The molecule has 0 saturated carbocycles. The summed E-state index contributed by atoms with van der Waals surface area (Å²) >= 11 is 0. The van der Waals surface area contributed by atoms with E-state index in [4.69, 9.17) is 5.73 Å². The van der Waals surface area contributed by atoms with Crippen LogP contribution in [-0.4, -0.2) is 14.7 Å². The molecule has 6 heteroatoms. The second kappa shape index (κ2) is 5.32. The molecule has 1 aromatic heterocycles. The van der Waals surface area contributed by atoms with Crippen LogP contribution in [0.15, 0.2) is 24.3 Å². The van der Waals surface area contributed by atoms with Crippen LogP contribution < -0.4 is 5.73 Å². The SMILES string of the molecule is CC(C)Cc1c(-c2ccc([N+](=O)[O-])cc2)nn(C)c1N. The minimum absolute atomic E-state index is 0.0723. The number of nitro groups is 1. The van der Waals surface area contributed by atoms with Gasteiger partial charge in [-0.05, 0) is 24.5 Å². The van der Waals surface area contributed by atoms with Gasteiger partial charge in [-0.15, -0.1) is 0 Å². The van der Waals surface area contributed by atoms with Crippen LogP contribution >= 0.6 is 0 Å². The van der Waals surface area contributed by atoms with Gasteiger partial charge in [0.15, 0.2) is 0 Å². The molecule has 0 aliphatic carbocycles. The molecule has 106 valence electrons. The lowest BCUT2D eigenvalue weighted by molar-refractivity contribution is -0.384. The van der Waals surface area contributed by atoms with Gasteiger partial charge in [0.2, 0.25) is 0 Å². The van der Waals surface area contributed by atoms with Gasteiger partial charge in [-0.25, -0.2) is 0 Å². The number of non-ortho nitro benzene ring substituents is 1. The van der Waals surface area contributed by atoms with Crippen molar-refractivity contribution in [1.82, 2.24) is 9.78 Å².